The number of nitrogens with one attached hydrogen (secondary N) is 3. The van der Waals surface area contributed by atoms with E-state index in [2.05, 4.69) is 15.4 Å². The Morgan fingerprint density at radius 3 is 2.48 bits per heavy atom. The average Bonchev–Trinajstić information content (AvgIpc) is 3.28. The molecule has 0 unspecified atom stereocenters. The Morgan fingerprint density at radius 2 is 1.90 bits per heavy atom. The minimum Gasteiger partial charge on any atom is -0.326 e. The van der Waals surface area contributed by atoms with Crippen molar-refractivity contribution in [3.63, 3.8) is 0 Å². The zero-order valence-corrected chi connectivity index (χ0v) is 12.9. The fraction of sp³-hybridized carbons (Fsp3) is 0.500. The van der Waals surface area contributed by atoms with Crippen LogP contribution in [0.2, 0.25) is 0 Å². The first kappa shape index (κ1) is 15.9. The maximum Gasteiger partial charge on any atom is 0.240 e. The number of hydrogen-bond acceptors (Lipinski definition) is 4. The van der Waals surface area contributed by atoms with Crippen LogP contribution < -0.4 is 15.4 Å². The second kappa shape index (κ2) is 7.02. The molecule has 0 bridgehead atoms. The fourth-order valence-electron chi connectivity index (χ4n) is 1.81. The lowest BCUT2D eigenvalue weighted by molar-refractivity contribution is -0.116. The zero-order chi connectivity index (χ0) is 15.3. The molecule has 0 aromatic heterocycles. The summed E-state index contributed by atoms with van der Waals surface area (Å²) in [4.78, 5) is 11.8. The molecular weight excluding hydrogens is 290 g/mol. The molecule has 1 amide bonds. The summed E-state index contributed by atoms with van der Waals surface area (Å²) in [6, 6.07) is 6.21. The second-order valence-corrected chi connectivity index (χ2v) is 6.99. The van der Waals surface area contributed by atoms with Gasteiger partial charge in [0.15, 0.2) is 0 Å². The maximum atomic E-state index is 12.0. The lowest BCUT2D eigenvalue weighted by Crippen LogP contribution is -2.25. The smallest absolute Gasteiger partial charge is 0.240 e. The standard InChI is InChI=1S/C14H21N3O3S/c1-15-9-8-14(18)17-12-4-6-13(7-5-12)21(19,20)16-10-11-2-3-11/h4-7,11,15-16H,2-3,8-10H2,1H3,(H,17,18). The number of amides is 1. The molecule has 0 radical (unpaired) electrons. The zero-order valence-electron chi connectivity index (χ0n) is 12.1. The Balaban J connectivity index is 1.92. The molecule has 1 aliphatic carbocycles. The van der Waals surface area contributed by atoms with Crippen LogP contribution in [-0.2, 0) is 14.8 Å². The number of hydrogen-bond donors (Lipinski definition) is 3. The summed E-state index contributed by atoms with van der Waals surface area (Å²) >= 11 is 0. The molecule has 116 valence electrons. The summed E-state index contributed by atoms with van der Waals surface area (Å²) in [7, 11) is -1.67. The molecule has 2 rings (SSSR count). The van der Waals surface area contributed by atoms with E-state index in [4.69, 9.17) is 0 Å². The van der Waals surface area contributed by atoms with Crippen LogP contribution in [0.1, 0.15) is 19.3 Å². The molecule has 1 fully saturated rings. The van der Waals surface area contributed by atoms with Crippen LogP contribution in [0.5, 0.6) is 0 Å². The number of carbonyl (C=O) groups excluding carboxylic acids is 1. The van der Waals surface area contributed by atoms with Crippen LogP contribution in [0.4, 0.5) is 5.69 Å². The van der Waals surface area contributed by atoms with Crippen molar-refractivity contribution >= 4 is 21.6 Å². The van der Waals surface area contributed by atoms with E-state index in [-0.39, 0.29) is 10.8 Å². The quantitative estimate of drug-likeness (QED) is 0.666. The summed E-state index contributed by atoms with van der Waals surface area (Å²) in [5, 5.41) is 5.61. The first-order valence-electron chi connectivity index (χ1n) is 7.05. The molecule has 1 aromatic carbocycles. The molecule has 6 nitrogen and oxygen atoms in total. The molecule has 0 heterocycles. The van der Waals surface area contributed by atoms with Gasteiger partial charge < -0.3 is 10.6 Å². The summed E-state index contributed by atoms with van der Waals surface area (Å²) in [5.74, 6) is 0.386. The first-order chi connectivity index (χ1) is 10.0. The number of rotatable bonds is 8. The molecule has 0 atom stereocenters. The lowest BCUT2D eigenvalue weighted by atomic mass is 10.3. The average molecular weight is 311 g/mol. The van der Waals surface area contributed by atoms with Crippen LogP contribution >= 0.6 is 0 Å². The Kier molecular flexibility index (Phi) is 5.33. The SMILES string of the molecule is CNCCC(=O)Nc1ccc(S(=O)(=O)NCC2CC2)cc1. The molecule has 7 heteroatoms. The minimum absolute atomic E-state index is 0.105. The van der Waals surface area contributed by atoms with Gasteiger partial charge in [-0.15, -0.1) is 0 Å². The second-order valence-electron chi connectivity index (χ2n) is 5.22. The predicted octanol–water partition coefficient (Wildman–Crippen LogP) is 0.923. The van der Waals surface area contributed by atoms with Gasteiger partial charge >= 0.3 is 0 Å². The fourth-order valence-corrected chi connectivity index (χ4v) is 2.93. The minimum atomic E-state index is -3.45. The van der Waals surface area contributed by atoms with Crippen molar-refractivity contribution in [3.8, 4) is 0 Å². The summed E-state index contributed by atoms with van der Waals surface area (Å²) in [6.07, 6.45) is 2.57. The molecule has 1 aliphatic rings. The van der Waals surface area contributed by atoms with Crippen molar-refractivity contribution in [2.75, 3.05) is 25.5 Å². The largest absolute Gasteiger partial charge is 0.326 e. The van der Waals surface area contributed by atoms with Crippen molar-refractivity contribution in [1.29, 1.82) is 0 Å². The van der Waals surface area contributed by atoms with Gasteiger partial charge in [0.05, 0.1) is 4.90 Å². The van der Waals surface area contributed by atoms with Gasteiger partial charge in [-0.05, 0) is 50.1 Å². The highest BCUT2D eigenvalue weighted by molar-refractivity contribution is 7.89. The highest BCUT2D eigenvalue weighted by Crippen LogP contribution is 2.28. The third-order valence-corrected chi connectivity index (χ3v) is 4.75. The third kappa shape index (κ3) is 5.11. The number of benzene rings is 1. The third-order valence-electron chi connectivity index (χ3n) is 3.31. The van der Waals surface area contributed by atoms with Gasteiger partial charge in [-0.25, -0.2) is 13.1 Å². The van der Waals surface area contributed by atoms with Crippen molar-refractivity contribution in [2.24, 2.45) is 5.92 Å². The van der Waals surface area contributed by atoms with Gasteiger partial charge in [0.2, 0.25) is 15.9 Å². The van der Waals surface area contributed by atoms with E-state index in [1.54, 1.807) is 19.2 Å². The van der Waals surface area contributed by atoms with Crippen LogP contribution in [-0.4, -0.2) is 34.5 Å². The summed E-state index contributed by atoms with van der Waals surface area (Å²) < 4.78 is 26.7. The number of carbonyl (C=O) groups is 1. The predicted molar refractivity (Wildman–Crippen MR) is 81.5 cm³/mol. The van der Waals surface area contributed by atoms with Gasteiger partial charge in [0.1, 0.15) is 0 Å². The van der Waals surface area contributed by atoms with E-state index < -0.39 is 10.0 Å². The number of anilines is 1. The van der Waals surface area contributed by atoms with Crippen molar-refractivity contribution in [1.82, 2.24) is 10.0 Å². The Morgan fingerprint density at radius 1 is 1.24 bits per heavy atom. The Bertz CT molecular complexity index is 580. The summed E-state index contributed by atoms with van der Waals surface area (Å²) in [6.45, 7) is 1.11. The molecule has 21 heavy (non-hydrogen) atoms. The van der Waals surface area contributed by atoms with Crippen molar-refractivity contribution < 1.29 is 13.2 Å². The van der Waals surface area contributed by atoms with Gasteiger partial charge in [-0.2, -0.15) is 0 Å². The van der Waals surface area contributed by atoms with Crippen LogP contribution in [0.15, 0.2) is 29.2 Å². The van der Waals surface area contributed by atoms with E-state index >= 15 is 0 Å². The van der Waals surface area contributed by atoms with Crippen LogP contribution in [0, 0.1) is 5.92 Å². The molecule has 0 saturated heterocycles. The lowest BCUT2D eigenvalue weighted by Gasteiger charge is -2.08. The molecular formula is C14H21N3O3S. The topological polar surface area (TPSA) is 87.3 Å². The normalized spacial score (nSPS) is 14.9. The van der Waals surface area contributed by atoms with E-state index in [0.29, 0.717) is 31.1 Å². The van der Waals surface area contributed by atoms with Crippen molar-refractivity contribution in [2.45, 2.75) is 24.2 Å². The highest BCUT2D eigenvalue weighted by atomic mass is 32.2. The van der Waals surface area contributed by atoms with E-state index in [1.807, 2.05) is 0 Å². The Labute approximate surface area is 125 Å². The van der Waals surface area contributed by atoms with Gasteiger partial charge in [0, 0.05) is 25.2 Å². The van der Waals surface area contributed by atoms with E-state index in [1.165, 1.54) is 12.1 Å². The van der Waals surface area contributed by atoms with Crippen LogP contribution in [0.25, 0.3) is 0 Å². The van der Waals surface area contributed by atoms with Gasteiger partial charge in [0.25, 0.3) is 0 Å². The van der Waals surface area contributed by atoms with Crippen molar-refractivity contribution in [3.05, 3.63) is 24.3 Å². The van der Waals surface area contributed by atoms with Gasteiger partial charge in [-0.3, -0.25) is 4.79 Å². The van der Waals surface area contributed by atoms with E-state index in [9.17, 15) is 13.2 Å². The van der Waals surface area contributed by atoms with E-state index in [0.717, 1.165) is 12.8 Å². The highest BCUT2D eigenvalue weighted by Gasteiger charge is 2.24. The molecule has 0 aliphatic heterocycles. The molecule has 3 N–H and O–H groups in total. The first-order valence-corrected chi connectivity index (χ1v) is 8.54. The Hall–Kier alpha value is -1.44. The summed E-state index contributed by atoms with van der Waals surface area (Å²) in [5.41, 5.74) is 0.595. The molecule has 1 saturated carbocycles. The molecule has 1 aromatic rings. The molecule has 0 spiro atoms. The van der Waals surface area contributed by atoms with Crippen LogP contribution in [0.3, 0.4) is 0 Å². The number of sulfonamides is 1. The monoisotopic (exact) mass is 311 g/mol. The maximum absolute atomic E-state index is 12.0. The van der Waals surface area contributed by atoms with Gasteiger partial charge in [-0.1, -0.05) is 0 Å².